The Bertz CT molecular complexity index is 899. The van der Waals surface area contributed by atoms with Crippen LogP contribution in [0.3, 0.4) is 0 Å². The Balaban J connectivity index is 1.98. The molecule has 3 rings (SSSR count). The minimum Gasteiger partial charge on any atom is -0.379 e. The van der Waals surface area contributed by atoms with Crippen LogP contribution in [0.1, 0.15) is 17.5 Å². The molecule has 0 bridgehead atoms. The van der Waals surface area contributed by atoms with E-state index in [9.17, 15) is 10.4 Å². The van der Waals surface area contributed by atoms with Crippen LogP contribution in [0.2, 0.25) is 5.02 Å². The van der Waals surface area contributed by atoms with E-state index in [1.165, 1.54) is 0 Å². The van der Waals surface area contributed by atoms with Gasteiger partial charge < -0.3 is 5.11 Å². The van der Waals surface area contributed by atoms with Crippen LogP contribution in [-0.2, 0) is 5.60 Å². The Labute approximate surface area is 160 Å². The van der Waals surface area contributed by atoms with Gasteiger partial charge >= 0.3 is 0 Å². The predicted molar refractivity (Wildman–Crippen MR) is 104 cm³/mol. The van der Waals surface area contributed by atoms with Crippen molar-refractivity contribution in [2.45, 2.75) is 12.0 Å². The van der Waals surface area contributed by atoms with E-state index in [2.05, 4.69) is 22.0 Å². The Morgan fingerprint density at radius 2 is 1.28 bits per heavy atom. The Morgan fingerprint density at radius 3 is 1.76 bits per heavy atom. The molecule has 1 N–H and O–H groups in total. The van der Waals surface area contributed by atoms with Gasteiger partial charge in [-0.1, -0.05) is 76.1 Å². The summed E-state index contributed by atoms with van der Waals surface area (Å²) in [4.78, 5) is 0. The van der Waals surface area contributed by atoms with Gasteiger partial charge in [-0.15, -0.1) is 0 Å². The normalized spacial score (nSPS) is 13.0. The van der Waals surface area contributed by atoms with E-state index >= 15 is 0 Å². The standard InChI is InChI=1S/C21H15BrClNO/c22-19-9-3-16(4-10-19)15-1-5-17(6-2-15)21(25,13-14-24)18-7-11-20(23)12-8-18/h1-12,25H,13H2. The van der Waals surface area contributed by atoms with E-state index in [1.807, 2.05) is 48.5 Å². The van der Waals surface area contributed by atoms with Crippen LogP contribution >= 0.6 is 27.5 Å². The van der Waals surface area contributed by atoms with E-state index in [4.69, 9.17) is 11.6 Å². The molecule has 0 aliphatic rings. The third-order valence-electron chi connectivity index (χ3n) is 4.20. The number of nitrogens with zero attached hydrogens (tertiary/aromatic N) is 1. The molecule has 0 aromatic heterocycles. The lowest BCUT2D eigenvalue weighted by molar-refractivity contribution is 0.0860. The second-order valence-electron chi connectivity index (χ2n) is 5.79. The molecule has 0 aliphatic heterocycles. The summed E-state index contributed by atoms with van der Waals surface area (Å²) < 4.78 is 1.03. The monoisotopic (exact) mass is 411 g/mol. The molecule has 0 fully saturated rings. The molecular weight excluding hydrogens is 398 g/mol. The van der Waals surface area contributed by atoms with Crippen molar-refractivity contribution in [2.24, 2.45) is 0 Å². The third kappa shape index (κ3) is 3.77. The molecule has 3 aromatic carbocycles. The highest BCUT2D eigenvalue weighted by Crippen LogP contribution is 2.34. The highest BCUT2D eigenvalue weighted by Gasteiger charge is 2.31. The lowest BCUT2D eigenvalue weighted by atomic mass is 9.83. The van der Waals surface area contributed by atoms with Gasteiger partial charge in [-0.2, -0.15) is 5.26 Å². The second kappa shape index (κ2) is 7.41. The second-order valence-corrected chi connectivity index (χ2v) is 7.14. The highest BCUT2D eigenvalue weighted by atomic mass is 79.9. The van der Waals surface area contributed by atoms with E-state index < -0.39 is 5.60 Å². The number of nitriles is 1. The molecular formula is C21H15BrClNO. The van der Waals surface area contributed by atoms with Crippen molar-refractivity contribution in [3.05, 3.63) is 93.4 Å². The number of aliphatic hydroxyl groups is 1. The summed E-state index contributed by atoms with van der Waals surface area (Å²) >= 11 is 9.37. The molecule has 1 unspecified atom stereocenters. The van der Waals surface area contributed by atoms with Gasteiger partial charge in [0.1, 0.15) is 5.60 Å². The summed E-state index contributed by atoms with van der Waals surface area (Å²) in [6.45, 7) is 0. The largest absolute Gasteiger partial charge is 0.379 e. The van der Waals surface area contributed by atoms with Gasteiger partial charge in [-0.25, -0.2) is 0 Å². The minimum atomic E-state index is -1.36. The van der Waals surface area contributed by atoms with Crippen molar-refractivity contribution in [3.63, 3.8) is 0 Å². The first-order valence-electron chi connectivity index (χ1n) is 7.75. The van der Waals surface area contributed by atoms with Gasteiger partial charge in [0, 0.05) is 9.50 Å². The van der Waals surface area contributed by atoms with E-state index in [0.717, 1.165) is 15.6 Å². The maximum absolute atomic E-state index is 11.2. The molecule has 0 spiro atoms. The van der Waals surface area contributed by atoms with Crippen LogP contribution in [0, 0.1) is 11.3 Å². The van der Waals surface area contributed by atoms with Crippen molar-refractivity contribution in [2.75, 3.05) is 0 Å². The molecule has 4 heteroatoms. The van der Waals surface area contributed by atoms with Gasteiger partial charge in [0.2, 0.25) is 0 Å². The molecule has 2 nitrogen and oxygen atoms in total. The average Bonchev–Trinajstić information content (AvgIpc) is 2.63. The zero-order valence-electron chi connectivity index (χ0n) is 13.3. The SMILES string of the molecule is N#CCC(O)(c1ccc(Cl)cc1)c1ccc(-c2ccc(Br)cc2)cc1. The van der Waals surface area contributed by atoms with Gasteiger partial charge in [0.25, 0.3) is 0 Å². The van der Waals surface area contributed by atoms with E-state index in [0.29, 0.717) is 16.1 Å². The molecule has 0 radical (unpaired) electrons. The van der Waals surface area contributed by atoms with Crippen molar-refractivity contribution in [3.8, 4) is 17.2 Å². The molecule has 0 aliphatic carbocycles. The molecule has 3 aromatic rings. The van der Waals surface area contributed by atoms with Crippen LogP contribution < -0.4 is 0 Å². The van der Waals surface area contributed by atoms with Crippen LogP contribution in [0.25, 0.3) is 11.1 Å². The summed E-state index contributed by atoms with van der Waals surface area (Å²) in [6.07, 6.45) is -0.0355. The summed E-state index contributed by atoms with van der Waals surface area (Å²) in [7, 11) is 0. The molecule has 0 heterocycles. The maximum Gasteiger partial charge on any atom is 0.128 e. The predicted octanol–water partition coefficient (Wildman–Crippen LogP) is 5.92. The first-order chi connectivity index (χ1) is 12.0. The van der Waals surface area contributed by atoms with Crippen molar-refractivity contribution in [1.82, 2.24) is 0 Å². The molecule has 0 saturated carbocycles. The molecule has 124 valence electrons. The summed E-state index contributed by atoms with van der Waals surface area (Å²) in [5.41, 5.74) is 2.10. The summed E-state index contributed by atoms with van der Waals surface area (Å²) in [5, 5.41) is 21.0. The average molecular weight is 413 g/mol. The number of hydrogen-bond acceptors (Lipinski definition) is 2. The van der Waals surface area contributed by atoms with Crippen LogP contribution in [-0.4, -0.2) is 5.11 Å². The smallest absolute Gasteiger partial charge is 0.128 e. The molecule has 0 saturated heterocycles. The number of halogens is 2. The van der Waals surface area contributed by atoms with Crippen LogP contribution in [0.4, 0.5) is 0 Å². The topological polar surface area (TPSA) is 44.0 Å². The van der Waals surface area contributed by atoms with Crippen molar-refractivity contribution < 1.29 is 5.11 Å². The van der Waals surface area contributed by atoms with Crippen molar-refractivity contribution in [1.29, 1.82) is 5.26 Å². The van der Waals surface area contributed by atoms with Gasteiger partial charge in [0.05, 0.1) is 12.5 Å². The van der Waals surface area contributed by atoms with Crippen molar-refractivity contribution >= 4 is 27.5 Å². The number of rotatable bonds is 4. The first-order valence-corrected chi connectivity index (χ1v) is 8.92. The van der Waals surface area contributed by atoms with E-state index in [-0.39, 0.29) is 6.42 Å². The highest BCUT2D eigenvalue weighted by molar-refractivity contribution is 9.10. The molecule has 0 amide bonds. The fourth-order valence-corrected chi connectivity index (χ4v) is 3.18. The molecule has 1 atom stereocenters. The first kappa shape index (κ1) is 17.7. The summed E-state index contributed by atoms with van der Waals surface area (Å²) in [5.74, 6) is 0. The Hall–Kier alpha value is -2.12. The Morgan fingerprint density at radius 1 is 0.840 bits per heavy atom. The fourth-order valence-electron chi connectivity index (χ4n) is 2.79. The van der Waals surface area contributed by atoms with Crippen LogP contribution in [0.15, 0.2) is 77.3 Å². The zero-order valence-corrected chi connectivity index (χ0v) is 15.6. The minimum absolute atomic E-state index is 0.0355. The molecule has 25 heavy (non-hydrogen) atoms. The third-order valence-corrected chi connectivity index (χ3v) is 4.98. The number of benzene rings is 3. The number of hydrogen-bond donors (Lipinski definition) is 1. The van der Waals surface area contributed by atoms with E-state index in [1.54, 1.807) is 24.3 Å². The maximum atomic E-state index is 11.2. The van der Waals surface area contributed by atoms with Gasteiger partial charge in [0.15, 0.2) is 0 Å². The quantitative estimate of drug-likeness (QED) is 0.578. The van der Waals surface area contributed by atoms with Gasteiger partial charge in [-0.3, -0.25) is 0 Å². The lowest BCUT2D eigenvalue weighted by Crippen LogP contribution is -2.26. The fraction of sp³-hybridized carbons (Fsp3) is 0.0952. The zero-order chi connectivity index (χ0) is 17.9. The van der Waals surface area contributed by atoms with Crippen LogP contribution in [0.5, 0.6) is 0 Å². The lowest BCUT2D eigenvalue weighted by Gasteiger charge is -2.27. The van der Waals surface area contributed by atoms with Gasteiger partial charge in [-0.05, 0) is 46.5 Å². The summed E-state index contributed by atoms with van der Waals surface area (Å²) in [6, 6.07) is 24.7. The Kier molecular flexibility index (Phi) is 5.24.